The zero-order valence-electron chi connectivity index (χ0n) is 8.75. The molecule has 2 rings (SSSR count). The molecule has 0 atom stereocenters. The highest BCUT2D eigenvalue weighted by Gasteiger charge is 2.08. The van der Waals surface area contributed by atoms with E-state index in [-0.39, 0.29) is 0 Å². The lowest BCUT2D eigenvalue weighted by Crippen LogP contribution is -2.06. The third kappa shape index (κ3) is 2.15. The van der Waals surface area contributed by atoms with Crippen molar-refractivity contribution in [2.75, 3.05) is 13.7 Å². The Morgan fingerprint density at radius 1 is 1.56 bits per heavy atom. The quantitative estimate of drug-likeness (QED) is 0.805. The number of hydrogen-bond donors (Lipinski definition) is 1. The molecule has 7 heteroatoms. The van der Waals surface area contributed by atoms with Crippen molar-refractivity contribution in [3.05, 3.63) is 23.4 Å². The van der Waals surface area contributed by atoms with Crippen LogP contribution in [0.5, 0.6) is 0 Å². The first-order valence-corrected chi connectivity index (χ1v) is 5.14. The fourth-order valence-corrected chi connectivity index (χ4v) is 1.55. The minimum Gasteiger partial charge on any atom is -0.383 e. The summed E-state index contributed by atoms with van der Waals surface area (Å²) >= 11 is 5.13. The number of hydrogen-bond acceptors (Lipinski definition) is 5. The van der Waals surface area contributed by atoms with Crippen LogP contribution in [-0.2, 0) is 11.3 Å². The first kappa shape index (κ1) is 10.9. The van der Waals surface area contributed by atoms with Gasteiger partial charge in [0, 0.05) is 13.3 Å². The summed E-state index contributed by atoms with van der Waals surface area (Å²) in [6.07, 6.45) is 3.15. The Balaban J connectivity index is 2.38. The lowest BCUT2D eigenvalue weighted by molar-refractivity contribution is 0.187. The van der Waals surface area contributed by atoms with Gasteiger partial charge >= 0.3 is 0 Å². The molecule has 6 nitrogen and oxygen atoms in total. The van der Waals surface area contributed by atoms with Crippen molar-refractivity contribution >= 4 is 12.2 Å². The van der Waals surface area contributed by atoms with Crippen LogP contribution in [0.2, 0.25) is 0 Å². The average Bonchev–Trinajstić information content (AvgIpc) is 2.69. The molecule has 2 heterocycles. The number of nitrogens with zero attached hydrogens (tertiary/aromatic N) is 4. The van der Waals surface area contributed by atoms with Gasteiger partial charge in [0.15, 0.2) is 10.6 Å². The van der Waals surface area contributed by atoms with E-state index in [0.29, 0.717) is 23.7 Å². The Morgan fingerprint density at radius 3 is 3.12 bits per heavy atom. The van der Waals surface area contributed by atoms with Crippen molar-refractivity contribution in [2.45, 2.75) is 6.54 Å². The van der Waals surface area contributed by atoms with Gasteiger partial charge in [0.2, 0.25) is 0 Å². The van der Waals surface area contributed by atoms with Gasteiger partial charge in [-0.1, -0.05) is 0 Å². The van der Waals surface area contributed by atoms with Gasteiger partial charge < -0.3 is 4.74 Å². The molecule has 16 heavy (non-hydrogen) atoms. The summed E-state index contributed by atoms with van der Waals surface area (Å²) in [5.41, 5.74) is 0.735. The fraction of sp³-hybridized carbons (Fsp3) is 0.333. The van der Waals surface area contributed by atoms with Crippen molar-refractivity contribution in [1.82, 2.24) is 24.7 Å². The maximum atomic E-state index is 5.13. The summed E-state index contributed by atoms with van der Waals surface area (Å²) < 4.78 is 7.43. The second-order valence-corrected chi connectivity index (χ2v) is 3.48. The van der Waals surface area contributed by atoms with E-state index in [1.54, 1.807) is 19.4 Å². The molecule has 0 aliphatic rings. The lowest BCUT2D eigenvalue weighted by Gasteiger charge is -2.04. The van der Waals surface area contributed by atoms with Gasteiger partial charge in [0.05, 0.1) is 13.2 Å². The molecule has 2 aromatic heterocycles. The molecule has 0 bridgehead atoms. The first-order chi connectivity index (χ1) is 7.83. The largest absolute Gasteiger partial charge is 0.383 e. The van der Waals surface area contributed by atoms with Crippen LogP contribution in [0.25, 0.3) is 11.5 Å². The summed E-state index contributed by atoms with van der Waals surface area (Å²) in [5.74, 6) is 0.699. The van der Waals surface area contributed by atoms with Gasteiger partial charge in [-0.2, -0.15) is 5.10 Å². The van der Waals surface area contributed by atoms with Crippen LogP contribution in [0, 0.1) is 4.77 Å². The lowest BCUT2D eigenvalue weighted by atomic mass is 10.4. The second kappa shape index (κ2) is 4.95. The Kier molecular flexibility index (Phi) is 3.37. The van der Waals surface area contributed by atoms with Gasteiger partial charge in [0.1, 0.15) is 12.0 Å². The second-order valence-electron chi connectivity index (χ2n) is 3.09. The van der Waals surface area contributed by atoms with Crippen molar-refractivity contribution in [3.8, 4) is 11.5 Å². The van der Waals surface area contributed by atoms with Crippen LogP contribution < -0.4 is 0 Å². The van der Waals surface area contributed by atoms with Crippen LogP contribution in [-0.4, -0.2) is 38.4 Å². The Bertz CT molecular complexity index is 506. The molecule has 0 aromatic carbocycles. The topological polar surface area (TPSA) is 68.6 Å². The first-order valence-electron chi connectivity index (χ1n) is 4.73. The minimum atomic E-state index is 0.561. The normalized spacial score (nSPS) is 10.6. The highest BCUT2D eigenvalue weighted by Crippen LogP contribution is 2.12. The van der Waals surface area contributed by atoms with Gasteiger partial charge in [-0.25, -0.2) is 9.97 Å². The van der Waals surface area contributed by atoms with Crippen LogP contribution in [0.4, 0.5) is 0 Å². The average molecular weight is 237 g/mol. The van der Waals surface area contributed by atoms with E-state index >= 15 is 0 Å². The van der Waals surface area contributed by atoms with Gasteiger partial charge in [-0.05, 0) is 18.3 Å². The van der Waals surface area contributed by atoms with Crippen LogP contribution >= 0.6 is 12.2 Å². The van der Waals surface area contributed by atoms with E-state index in [1.807, 2.05) is 4.57 Å². The minimum absolute atomic E-state index is 0.561. The van der Waals surface area contributed by atoms with E-state index in [2.05, 4.69) is 20.2 Å². The molecular weight excluding hydrogens is 226 g/mol. The van der Waals surface area contributed by atoms with Crippen LogP contribution in [0.3, 0.4) is 0 Å². The third-order valence-corrected chi connectivity index (χ3v) is 2.40. The smallest absolute Gasteiger partial charge is 0.195 e. The highest BCUT2D eigenvalue weighted by molar-refractivity contribution is 7.71. The van der Waals surface area contributed by atoms with Crippen molar-refractivity contribution in [3.63, 3.8) is 0 Å². The highest BCUT2D eigenvalue weighted by atomic mass is 32.1. The number of rotatable bonds is 4. The van der Waals surface area contributed by atoms with E-state index in [9.17, 15) is 0 Å². The number of H-pyrrole nitrogens is 1. The molecule has 0 fully saturated rings. The predicted octanol–water partition coefficient (Wildman–Crippen LogP) is 1.04. The summed E-state index contributed by atoms with van der Waals surface area (Å²) in [6, 6.07) is 1.79. The zero-order chi connectivity index (χ0) is 11.4. The monoisotopic (exact) mass is 237 g/mol. The predicted molar refractivity (Wildman–Crippen MR) is 60.3 cm³/mol. The van der Waals surface area contributed by atoms with Gasteiger partial charge in [-0.15, -0.1) is 0 Å². The number of ether oxygens (including phenoxy) is 1. The summed E-state index contributed by atoms with van der Waals surface area (Å²) in [6.45, 7) is 1.22. The van der Waals surface area contributed by atoms with Crippen molar-refractivity contribution in [2.24, 2.45) is 0 Å². The molecule has 0 aliphatic carbocycles. The van der Waals surface area contributed by atoms with E-state index < -0.39 is 0 Å². The van der Waals surface area contributed by atoms with E-state index in [0.717, 1.165) is 5.69 Å². The Hall–Kier alpha value is -1.60. The summed E-state index contributed by atoms with van der Waals surface area (Å²) in [4.78, 5) is 7.99. The van der Waals surface area contributed by atoms with Crippen LogP contribution in [0.1, 0.15) is 0 Å². The Morgan fingerprint density at radius 2 is 2.44 bits per heavy atom. The maximum Gasteiger partial charge on any atom is 0.195 e. The van der Waals surface area contributed by atoms with Crippen LogP contribution in [0.15, 0.2) is 18.6 Å². The molecular formula is C9H11N5OS. The summed E-state index contributed by atoms with van der Waals surface area (Å²) in [5, 5.41) is 6.88. The van der Waals surface area contributed by atoms with Gasteiger partial charge in [0.25, 0.3) is 0 Å². The third-order valence-electron chi connectivity index (χ3n) is 2.09. The molecule has 2 aromatic rings. The zero-order valence-corrected chi connectivity index (χ0v) is 9.57. The molecule has 0 aliphatic heterocycles. The van der Waals surface area contributed by atoms with E-state index in [4.69, 9.17) is 17.0 Å². The molecule has 1 N–H and O–H groups in total. The number of aromatic amines is 1. The van der Waals surface area contributed by atoms with Crippen molar-refractivity contribution in [1.29, 1.82) is 0 Å². The van der Waals surface area contributed by atoms with Crippen molar-refractivity contribution < 1.29 is 4.74 Å². The fourth-order valence-electron chi connectivity index (χ4n) is 1.33. The molecule has 0 saturated carbocycles. The molecule has 0 radical (unpaired) electrons. The molecule has 0 unspecified atom stereocenters. The molecule has 0 saturated heterocycles. The Labute approximate surface area is 97.3 Å². The standard InChI is InChI=1S/C9H11N5OS/c1-15-5-4-14-8(12-13-9(14)16)7-2-3-10-6-11-7/h2-3,6H,4-5H2,1H3,(H,13,16). The molecule has 0 amide bonds. The number of aromatic nitrogens is 5. The molecule has 0 spiro atoms. The van der Waals surface area contributed by atoms with Gasteiger partial charge in [-0.3, -0.25) is 9.67 Å². The number of methoxy groups -OCH3 is 1. The number of nitrogens with one attached hydrogen (secondary N) is 1. The maximum absolute atomic E-state index is 5.13. The SMILES string of the molecule is COCCn1c(-c2ccncn2)n[nH]c1=S. The molecule has 84 valence electrons. The van der Waals surface area contributed by atoms with E-state index in [1.165, 1.54) is 6.33 Å². The summed E-state index contributed by atoms with van der Waals surface area (Å²) in [7, 11) is 1.65.